The van der Waals surface area contributed by atoms with Crippen molar-refractivity contribution in [2.24, 2.45) is 0 Å². The molecule has 1 N–H and O–H groups in total. The van der Waals surface area contributed by atoms with Crippen molar-refractivity contribution in [3.05, 3.63) is 28.2 Å². The van der Waals surface area contributed by atoms with Crippen molar-refractivity contribution in [2.45, 2.75) is 51.0 Å². The van der Waals surface area contributed by atoms with E-state index in [1.807, 2.05) is 6.07 Å². The van der Waals surface area contributed by atoms with E-state index in [2.05, 4.69) is 40.3 Å². The van der Waals surface area contributed by atoms with Gasteiger partial charge in [-0.1, -0.05) is 35.7 Å². The van der Waals surface area contributed by atoms with Crippen LogP contribution in [0.2, 0.25) is 0 Å². The molecule has 1 fully saturated rings. The van der Waals surface area contributed by atoms with Gasteiger partial charge in [0.15, 0.2) is 0 Å². The summed E-state index contributed by atoms with van der Waals surface area (Å²) in [6.45, 7) is 3.44. The Labute approximate surface area is 125 Å². The monoisotopic (exact) mass is 325 g/mol. The summed E-state index contributed by atoms with van der Waals surface area (Å²) in [4.78, 5) is 0. The van der Waals surface area contributed by atoms with Gasteiger partial charge in [-0.15, -0.1) is 0 Å². The lowest BCUT2D eigenvalue weighted by Crippen LogP contribution is -2.46. The molecule has 0 aliphatic carbocycles. The molecule has 2 nitrogen and oxygen atoms in total. The van der Waals surface area contributed by atoms with E-state index in [0.29, 0.717) is 0 Å². The summed E-state index contributed by atoms with van der Waals surface area (Å²) in [5, 5.41) is 3.79. The maximum Gasteiger partial charge on any atom is 0.122 e. The minimum Gasteiger partial charge on any atom is -0.496 e. The number of halogens is 1. The Morgan fingerprint density at radius 3 is 2.89 bits per heavy atom. The fourth-order valence-corrected chi connectivity index (χ4v) is 3.44. The van der Waals surface area contributed by atoms with Crippen molar-refractivity contribution in [1.29, 1.82) is 0 Å². The highest BCUT2D eigenvalue weighted by Crippen LogP contribution is 2.31. The summed E-state index contributed by atoms with van der Waals surface area (Å²) < 4.78 is 6.64. The lowest BCUT2D eigenvalue weighted by Gasteiger charge is -2.33. The highest BCUT2D eigenvalue weighted by Gasteiger charge is 2.29. The number of ether oxygens (including phenoxy) is 1. The normalized spacial score (nSPS) is 23.9. The lowest BCUT2D eigenvalue weighted by molar-refractivity contribution is 0.297. The Hall–Kier alpha value is -0.540. The third-order valence-corrected chi connectivity index (χ3v) is 4.77. The van der Waals surface area contributed by atoms with Crippen molar-refractivity contribution in [3.8, 4) is 5.75 Å². The van der Waals surface area contributed by atoms with Gasteiger partial charge in [0, 0.05) is 10.0 Å². The van der Waals surface area contributed by atoms with Gasteiger partial charge in [-0.3, -0.25) is 0 Å². The molecule has 0 bridgehead atoms. The van der Waals surface area contributed by atoms with E-state index >= 15 is 0 Å². The zero-order valence-corrected chi connectivity index (χ0v) is 13.6. The average Bonchev–Trinajstić information content (AvgIpc) is 2.65. The Morgan fingerprint density at radius 1 is 1.32 bits per heavy atom. The number of hydrogen-bond donors (Lipinski definition) is 1. The molecule has 1 aliphatic heterocycles. The molecule has 1 aliphatic rings. The molecule has 1 aromatic carbocycles. The summed E-state index contributed by atoms with van der Waals surface area (Å²) in [7, 11) is 1.76. The zero-order valence-electron chi connectivity index (χ0n) is 12.0. The van der Waals surface area contributed by atoms with Gasteiger partial charge in [0.2, 0.25) is 0 Å². The van der Waals surface area contributed by atoms with Crippen LogP contribution >= 0.6 is 15.9 Å². The first-order chi connectivity index (χ1) is 9.19. The number of benzene rings is 1. The Bertz CT molecular complexity index is 411. The van der Waals surface area contributed by atoms with Crippen LogP contribution in [-0.4, -0.2) is 19.2 Å². The van der Waals surface area contributed by atoms with Gasteiger partial charge < -0.3 is 10.1 Å². The summed E-state index contributed by atoms with van der Waals surface area (Å²) in [5.74, 6) is 1.00. The van der Waals surface area contributed by atoms with E-state index < -0.39 is 0 Å². The molecule has 0 amide bonds. The van der Waals surface area contributed by atoms with Gasteiger partial charge in [0.1, 0.15) is 5.75 Å². The molecular formula is C16H24BrNO. The van der Waals surface area contributed by atoms with Gasteiger partial charge in [0.25, 0.3) is 0 Å². The van der Waals surface area contributed by atoms with Gasteiger partial charge in [-0.25, -0.2) is 0 Å². The fourth-order valence-electron chi connectivity index (χ4n) is 3.03. The van der Waals surface area contributed by atoms with Crippen LogP contribution in [-0.2, 0) is 6.42 Å². The molecule has 1 unspecified atom stereocenters. The van der Waals surface area contributed by atoms with Crippen molar-refractivity contribution in [1.82, 2.24) is 5.32 Å². The molecule has 3 heteroatoms. The molecule has 2 rings (SSSR count). The van der Waals surface area contributed by atoms with Crippen molar-refractivity contribution >= 4 is 15.9 Å². The van der Waals surface area contributed by atoms with Crippen molar-refractivity contribution in [3.63, 3.8) is 0 Å². The van der Waals surface area contributed by atoms with Crippen LogP contribution in [0.15, 0.2) is 22.7 Å². The average molecular weight is 326 g/mol. The van der Waals surface area contributed by atoms with Crippen molar-refractivity contribution in [2.75, 3.05) is 13.7 Å². The predicted molar refractivity (Wildman–Crippen MR) is 83.9 cm³/mol. The van der Waals surface area contributed by atoms with Crippen LogP contribution in [0.5, 0.6) is 5.75 Å². The first kappa shape index (κ1) is 14.9. The third kappa shape index (κ3) is 3.73. The van der Waals surface area contributed by atoms with E-state index in [0.717, 1.165) is 23.2 Å². The maximum absolute atomic E-state index is 5.51. The van der Waals surface area contributed by atoms with E-state index in [1.54, 1.807) is 7.11 Å². The molecule has 1 aromatic rings. The Balaban J connectivity index is 2.23. The molecule has 0 aromatic heterocycles. The van der Waals surface area contributed by atoms with Gasteiger partial charge in [-0.2, -0.15) is 0 Å². The largest absolute Gasteiger partial charge is 0.496 e. The topological polar surface area (TPSA) is 21.3 Å². The Kier molecular flexibility index (Phi) is 5.28. The van der Waals surface area contributed by atoms with Gasteiger partial charge in [0.05, 0.1) is 7.11 Å². The molecule has 106 valence electrons. The number of methoxy groups -OCH3 is 1. The standard InChI is InChI=1S/C16H24BrNO/c1-3-16(9-5-4-6-10-18-16)12-13-11-14(17)7-8-15(13)19-2/h7-8,11,18H,3-6,9-10,12H2,1-2H3. The molecule has 0 spiro atoms. The van der Waals surface area contributed by atoms with Crippen LogP contribution in [0.1, 0.15) is 44.6 Å². The summed E-state index contributed by atoms with van der Waals surface area (Å²) in [6.07, 6.45) is 7.47. The first-order valence-electron chi connectivity index (χ1n) is 7.26. The highest BCUT2D eigenvalue weighted by atomic mass is 79.9. The first-order valence-corrected chi connectivity index (χ1v) is 8.06. The second-order valence-corrected chi connectivity index (χ2v) is 6.42. The number of nitrogens with one attached hydrogen (secondary N) is 1. The molecule has 1 atom stereocenters. The van der Waals surface area contributed by atoms with Gasteiger partial charge in [-0.05, 0) is 56.0 Å². The summed E-state index contributed by atoms with van der Waals surface area (Å²) in [5.41, 5.74) is 1.54. The van der Waals surface area contributed by atoms with Crippen LogP contribution < -0.4 is 10.1 Å². The highest BCUT2D eigenvalue weighted by molar-refractivity contribution is 9.10. The quantitative estimate of drug-likeness (QED) is 0.890. The van der Waals surface area contributed by atoms with Gasteiger partial charge >= 0.3 is 0 Å². The Morgan fingerprint density at radius 2 is 2.16 bits per heavy atom. The smallest absolute Gasteiger partial charge is 0.122 e. The summed E-state index contributed by atoms with van der Waals surface area (Å²) >= 11 is 3.57. The van der Waals surface area contributed by atoms with E-state index in [4.69, 9.17) is 4.74 Å². The van der Waals surface area contributed by atoms with E-state index in [9.17, 15) is 0 Å². The van der Waals surface area contributed by atoms with Crippen molar-refractivity contribution < 1.29 is 4.74 Å². The molecule has 0 radical (unpaired) electrons. The van der Waals surface area contributed by atoms with Crippen LogP contribution in [0.3, 0.4) is 0 Å². The molecular weight excluding hydrogens is 302 g/mol. The second kappa shape index (κ2) is 6.76. The summed E-state index contributed by atoms with van der Waals surface area (Å²) in [6, 6.07) is 6.30. The fraction of sp³-hybridized carbons (Fsp3) is 0.625. The van der Waals surface area contributed by atoms with Crippen LogP contribution in [0.4, 0.5) is 0 Å². The SMILES string of the molecule is CCC1(Cc2cc(Br)ccc2OC)CCCCCN1. The predicted octanol–water partition coefficient (Wildman–Crippen LogP) is 4.31. The molecule has 19 heavy (non-hydrogen) atoms. The van der Waals surface area contributed by atoms with E-state index in [-0.39, 0.29) is 5.54 Å². The molecule has 1 heterocycles. The maximum atomic E-state index is 5.51. The third-order valence-electron chi connectivity index (χ3n) is 4.28. The molecule has 1 saturated heterocycles. The van der Waals surface area contributed by atoms with Crippen LogP contribution in [0, 0.1) is 0 Å². The number of hydrogen-bond acceptors (Lipinski definition) is 2. The van der Waals surface area contributed by atoms with Crippen LogP contribution in [0.25, 0.3) is 0 Å². The molecule has 0 saturated carbocycles. The minimum atomic E-state index is 0.241. The van der Waals surface area contributed by atoms with E-state index in [1.165, 1.54) is 37.7 Å². The minimum absolute atomic E-state index is 0.241. The number of rotatable bonds is 4. The second-order valence-electron chi connectivity index (χ2n) is 5.50. The zero-order chi connectivity index (χ0) is 13.7. The lowest BCUT2D eigenvalue weighted by atomic mass is 9.84.